The van der Waals surface area contributed by atoms with E-state index in [0.717, 1.165) is 22.3 Å². The fraction of sp³-hybridized carbons (Fsp3) is 0.348. The molecule has 9 heteroatoms. The number of hydrogen-bond acceptors (Lipinski definition) is 2. The second kappa shape index (κ2) is 8.37. The molecule has 2 aromatic carbocycles. The quantitative estimate of drug-likeness (QED) is 0.579. The van der Waals surface area contributed by atoms with Gasteiger partial charge in [-0.25, -0.2) is 9.18 Å². The largest absolute Gasteiger partial charge is 0.573 e. The van der Waals surface area contributed by atoms with Gasteiger partial charge in [0.05, 0.1) is 0 Å². The monoisotopic (exact) mass is 449 g/mol. The molecule has 0 aliphatic heterocycles. The Hall–Kier alpha value is -3.23. The number of hydrogen-bond donors (Lipinski definition) is 1. The molecule has 0 spiro atoms. The van der Waals surface area contributed by atoms with Crippen LogP contribution in [-0.4, -0.2) is 42.0 Å². The molecule has 1 heterocycles. The van der Waals surface area contributed by atoms with Gasteiger partial charge in [-0.2, -0.15) is 0 Å². The van der Waals surface area contributed by atoms with Crippen LogP contribution in [0.4, 0.5) is 22.4 Å². The van der Waals surface area contributed by atoms with E-state index < -0.39 is 6.36 Å². The Kier molecular flexibility index (Phi) is 5.75. The Bertz CT molecular complexity index is 1150. The molecule has 32 heavy (non-hydrogen) atoms. The zero-order valence-electron chi connectivity index (χ0n) is 17.7. The molecule has 1 N–H and O–H groups in total. The Morgan fingerprint density at radius 1 is 1.22 bits per heavy atom. The number of alkyl halides is 3. The summed E-state index contributed by atoms with van der Waals surface area (Å²) in [4.78, 5) is 13.5. The van der Waals surface area contributed by atoms with Crippen molar-refractivity contribution in [3.63, 3.8) is 0 Å². The maximum absolute atomic E-state index is 13.7. The highest BCUT2D eigenvalue weighted by Gasteiger charge is 2.32. The highest BCUT2D eigenvalue weighted by molar-refractivity contribution is 5.87. The predicted molar refractivity (Wildman–Crippen MR) is 112 cm³/mol. The summed E-state index contributed by atoms with van der Waals surface area (Å²) in [6.07, 6.45) is -2.98. The van der Waals surface area contributed by atoms with Gasteiger partial charge in [0.1, 0.15) is 11.6 Å². The average molecular weight is 449 g/mol. The minimum absolute atomic E-state index is 0.141. The number of nitrogens with one attached hydrogen (secondary N) is 1. The number of ether oxygens (including phenoxy) is 1. The van der Waals surface area contributed by atoms with Gasteiger partial charge >= 0.3 is 12.4 Å². The molecule has 0 radical (unpaired) electrons. The van der Waals surface area contributed by atoms with Crippen molar-refractivity contribution in [3.05, 3.63) is 65.1 Å². The fourth-order valence-electron chi connectivity index (χ4n) is 4.25. The second-order valence-electron chi connectivity index (χ2n) is 8.15. The van der Waals surface area contributed by atoms with Gasteiger partial charge in [0.15, 0.2) is 0 Å². The van der Waals surface area contributed by atoms with Crippen molar-refractivity contribution in [1.29, 1.82) is 0 Å². The molecule has 1 aromatic heterocycles. The first kappa shape index (κ1) is 22.0. The molecule has 4 rings (SSSR count). The minimum Gasteiger partial charge on any atom is -0.406 e. The molecular weight excluding hydrogens is 426 g/mol. The molecule has 1 aliphatic carbocycles. The van der Waals surface area contributed by atoms with Crippen molar-refractivity contribution in [2.45, 2.75) is 38.2 Å². The second-order valence-corrected chi connectivity index (χ2v) is 8.15. The predicted octanol–water partition coefficient (Wildman–Crippen LogP) is 4.86. The molecule has 1 aliphatic rings. The number of amides is 2. The molecule has 3 aromatic rings. The number of halogens is 4. The van der Waals surface area contributed by atoms with Crippen molar-refractivity contribution in [3.8, 4) is 5.75 Å². The summed E-state index contributed by atoms with van der Waals surface area (Å²) < 4.78 is 58.2. The zero-order valence-corrected chi connectivity index (χ0v) is 17.7. The molecule has 2 amide bonds. The van der Waals surface area contributed by atoms with E-state index in [9.17, 15) is 22.4 Å². The van der Waals surface area contributed by atoms with Crippen LogP contribution in [0, 0.1) is 5.82 Å². The number of urea groups is 1. The Labute approximate surface area is 182 Å². The molecule has 1 atom stereocenters. The lowest BCUT2D eigenvalue weighted by molar-refractivity contribution is -0.274. The third kappa shape index (κ3) is 4.66. The van der Waals surface area contributed by atoms with E-state index in [0.29, 0.717) is 31.2 Å². The SMILES string of the molecule is CN(C)C(=O)NC1CCc2c(c3cc(OC(F)(F)F)ccc3n2Cc2cccc(F)c2)C1. The van der Waals surface area contributed by atoms with Crippen molar-refractivity contribution >= 4 is 16.9 Å². The fourth-order valence-corrected chi connectivity index (χ4v) is 4.25. The molecule has 1 unspecified atom stereocenters. The van der Waals surface area contributed by atoms with Crippen LogP contribution in [0.5, 0.6) is 5.75 Å². The maximum Gasteiger partial charge on any atom is 0.573 e. The maximum atomic E-state index is 13.7. The van der Waals surface area contributed by atoms with Gasteiger partial charge in [-0.3, -0.25) is 0 Å². The van der Waals surface area contributed by atoms with Crippen molar-refractivity contribution < 1.29 is 27.1 Å². The molecular formula is C23H23F4N3O2. The molecule has 0 saturated heterocycles. The lowest BCUT2D eigenvalue weighted by atomic mass is 9.91. The third-order valence-electron chi connectivity index (χ3n) is 5.64. The third-order valence-corrected chi connectivity index (χ3v) is 5.64. The first-order valence-corrected chi connectivity index (χ1v) is 10.2. The van der Waals surface area contributed by atoms with Crippen molar-refractivity contribution in [2.75, 3.05) is 14.1 Å². The standard InChI is InChI=1S/C23H23F4N3O2/c1-29(2)22(31)28-16-6-8-20-18(11-16)19-12-17(32-23(25,26)27)7-9-21(19)30(20)13-14-4-3-5-15(24)10-14/h3-5,7,9-10,12,16H,6,8,11,13H2,1-2H3,(H,28,31). The molecule has 5 nitrogen and oxygen atoms in total. The van der Waals surface area contributed by atoms with E-state index in [1.54, 1.807) is 26.2 Å². The molecule has 170 valence electrons. The minimum atomic E-state index is -4.79. The van der Waals surface area contributed by atoms with E-state index in [4.69, 9.17) is 0 Å². The smallest absolute Gasteiger partial charge is 0.406 e. The van der Waals surface area contributed by atoms with Crippen LogP contribution in [0.1, 0.15) is 23.2 Å². The van der Waals surface area contributed by atoms with Crippen LogP contribution in [0.2, 0.25) is 0 Å². The van der Waals surface area contributed by atoms with Gasteiger partial charge in [-0.15, -0.1) is 13.2 Å². The Balaban J connectivity index is 1.76. The highest BCUT2D eigenvalue weighted by atomic mass is 19.4. The lowest BCUT2D eigenvalue weighted by Crippen LogP contribution is -2.44. The Morgan fingerprint density at radius 3 is 2.69 bits per heavy atom. The van der Waals surface area contributed by atoms with E-state index in [1.165, 1.54) is 29.2 Å². The molecule has 0 fully saturated rings. The van der Waals surface area contributed by atoms with Crippen LogP contribution < -0.4 is 10.1 Å². The van der Waals surface area contributed by atoms with Gasteiger partial charge in [-0.05, 0) is 60.7 Å². The first-order valence-electron chi connectivity index (χ1n) is 10.2. The van der Waals surface area contributed by atoms with Gasteiger partial charge < -0.3 is 19.5 Å². The normalized spacial score (nSPS) is 16.0. The lowest BCUT2D eigenvalue weighted by Gasteiger charge is -2.26. The summed E-state index contributed by atoms with van der Waals surface area (Å²) in [5, 5.41) is 3.60. The summed E-state index contributed by atoms with van der Waals surface area (Å²) in [5.41, 5.74) is 3.35. The number of carbonyl (C=O) groups excluding carboxylic acids is 1. The Morgan fingerprint density at radius 2 is 2.00 bits per heavy atom. The van der Waals surface area contributed by atoms with Crippen LogP contribution in [0.15, 0.2) is 42.5 Å². The van der Waals surface area contributed by atoms with Crippen LogP contribution in [-0.2, 0) is 19.4 Å². The van der Waals surface area contributed by atoms with Crippen molar-refractivity contribution in [2.24, 2.45) is 0 Å². The first-order chi connectivity index (χ1) is 15.1. The van der Waals surface area contributed by atoms with E-state index >= 15 is 0 Å². The number of benzene rings is 2. The van der Waals surface area contributed by atoms with Gasteiger partial charge in [-0.1, -0.05) is 12.1 Å². The number of nitrogens with zero attached hydrogens (tertiary/aromatic N) is 2. The van der Waals surface area contributed by atoms with Gasteiger partial charge in [0.2, 0.25) is 0 Å². The van der Waals surface area contributed by atoms with Crippen LogP contribution in [0.25, 0.3) is 10.9 Å². The van der Waals surface area contributed by atoms with Crippen LogP contribution >= 0.6 is 0 Å². The van der Waals surface area contributed by atoms with E-state index in [2.05, 4.69) is 10.1 Å². The number of rotatable bonds is 4. The topological polar surface area (TPSA) is 46.5 Å². The average Bonchev–Trinajstić information content (AvgIpc) is 2.99. The van der Waals surface area contributed by atoms with Gasteiger partial charge in [0, 0.05) is 43.3 Å². The van der Waals surface area contributed by atoms with Crippen molar-refractivity contribution in [1.82, 2.24) is 14.8 Å². The highest BCUT2D eigenvalue weighted by Crippen LogP contribution is 2.36. The summed E-state index contributed by atoms with van der Waals surface area (Å²) in [5.74, 6) is -0.643. The number of aromatic nitrogens is 1. The van der Waals surface area contributed by atoms with Crippen LogP contribution in [0.3, 0.4) is 0 Å². The molecule has 0 bridgehead atoms. The summed E-state index contributed by atoms with van der Waals surface area (Å²) in [7, 11) is 3.30. The number of carbonyl (C=O) groups is 1. The summed E-state index contributed by atoms with van der Waals surface area (Å²) in [6.45, 7) is 0.387. The zero-order chi connectivity index (χ0) is 23.0. The summed E-state index contributed by atoms with van der Waals surface area (Å²) >= 11 is 0. The summed E-state index contributed by atoms with van der Waals surface area (Å²) in [6, 6.07) is 10.2. The van der Waals surface area contributed by atoms with Gasteiger partial charge in [0.25, 0.3) is 0 Å². The van der Waals surface area contributed by atoms with E-state index in [1.807, 2.05) is 10.6 Å². The van der Waals surface area contributed by atoms with E-state index in [-0.39, 0.29) is 23.6 Å². The number of fused-ring (bicyclic) bond motifs is 3. The molecule has 0 saturated carbocycles.